The van der Waals surface area contributed by atoms with Crippen molar-refractivity contribution in [2.75, 3.05) is 5.75 Å². The second-order valence-electron chi connectivity index (χ2n) is 4.74. The van der Waals surface area contributed by atoms with Crippen LogP contribution in [0.25, 0.3) is 0 Å². The molecule has 1 aliphatic rings. The first-order chi connectivity index (χ1) is 10.1. The molecule has 2 heterocycles. The number of hydrogen-bond acceptors (Lipinski definition) is 5. The third kappa shape index (κ3) is 3.49. The van der Waals surface area contributed by atoms with Crippen LogP contribution in [0.5, 0.6) is 0 Å². The zero-order chi connectivity index (χ0) is 15.4. The average molecular weight is 329 g/mol. The summed E-state index contributed by atoms with van der Waals surface area (Å²) >= 11 is 3.01. The molecule has 21 heavy (non-hydrogen) atoms. The van der Waals surface area contributed by atoms with Crippen LogP contribution in [0.1, 0.15) is 37.7 Å². The van der Waals surface area contributed by atoms with Crippen LogP contribution in [-0.4, -0.2) is 44.2 Å². The van der Waals surface area contributed by atoms with Gasteiger partial charge in [0.05, 0.1) is 11.4 Å². The molecular formula is C13H19N3O3S2. The van der Waals surface area contributed by atoms with Crippen LogP contribution in [0, 0.1) is 0 Å². The molecule has 3 unspecified atom stereocenters. The second kappa shape index (κ2) is 7.13. The number of urea groups is 1. The third-order valence-electron chi connectivity index (χ3n) is 3.42. The molecule has 0 spiro atoms. The van der Waals surface area contributed by atoms with Crippen molar-refractivity contribution < 1.29 is 14.7 Å². The van der Waals surface area contributed by atoms with E-state index in [0.717, 1.165) is 17.8 Å². The Morgan fingerprint density at radius 3 is 2.86 bits per heavy atom. The first kappa shape index (κ1) is 16.1. The summed E-state index contributed by atoms with van der Waals surface area (Å²) in [5.41, 5.74) is 0. The fraction of sp³-hybridized carbons (Fsp3) is 0.615. The van der Waals surface area contributed by atoms with Gasteiger partial charge in [0, 0.05) is 17.3 Å². The summed E-state index contributed by atoms with van der Waals surface area (Å²) in [6.45, 7) is 3.93. The minimum Gasteiger partial charge on any atom is -0.480 e. The monoisotopic (exact) mass is 329 g/mol. The number of carbonyl (C=O) groups excluding carboxylic acids is 1. The van der Waals surface area contributed by atoms with E-state index < -0.39 is 12.0 Å². The Bertz CT molecular complexity index is 495. The summed E-state index contributed by atoms with van der Waals surface area (Å²) in [5, 5.41) is 14.8. The fourth-order valence-electron chi connectivity index (χ4n) is 2.31. The number of amides is 2. The van der Waals surface area contributed by atoms with Crippen LogP contribution in [-0.2, 0) is 4.79 Å². The van der Waals surface area contributed by atoms with Crippen molar-refractivity contribution in [3.05, 3.63) is 16.6 Å². The smallest absolute Gasteiger partial charge is 0.327 e. The van der Waals surface area contributed by atoms with Crippen molar-refractivity contribution in [1.29, 1.82) is 0 Å². The molecule has 1 aromatic heterocycles. The number of rotatable bonds is 5. The van der Waals surface area contributed by atoms with Crippen molar-refractivity contribution in [3.63, 3.8) is 0 Å². The topological polar surface area (TPSA) is 82.5 Å². The molecule has 1 aromatic rings. The highest BCUT2D eigenvalue weighted by Crippen LogP contribution is 2.32. The summed E-state index contributed by atoms with van der Waals surface area (Å²) in [4.78, 5) is 29.5. The summed E-state index contributed by atoms with van der Waals surface area (Å²) in [5.74, 6) is -0.508. The van der Waals surface area contributed by atoms with Crippen LogP contribution < -0.4 is 5.32 Å². The van der Waals surface area contributed by atoms with E-state index in [0.29, 0.717) is 5.75 Å². The van der Waals surface area contributed by atoms with Crippen molar-refractivity contribution in [1.82, 2.24) is 15.2 Å². The molecule has 0 radical (unpaired) electrons. The number of carbonyl (C=O) groups is 2. The fourth-order valence-corrected chi connectivity index (χ4v) is 4.43. The van der Waals surface area contributed by atoms with Gasteiger partial charge in [0.15, 0.2) is 0 Å². The normalized spacial score (nSPS) is 23.0. The Labute approximate surface area is 131 Å². The average Bonchev–Trinajstić information content (AvgIpc) is 3.12. The minimum atomic E-state index is -0.948. The molecule has 0 aromatic carbocycles. The van der Waals surface area contributed by atoms with Gasteiger partial charge >= 0.3 is 12.0 Å². The number of thioether (sulfide) groups is 1. The molecule has 1 fully saturated rings. The largest absolute Gasteiger partial charge is 0.480 e. The maximum atomic E-state index is 12.5. The number of carboxylic acid groups (broad SMARTS) is 1. The van der Waals surface area contributed by atoms with Gasteiger partial charge in [-0.05, 0) is 12.8 Å². The maximum absolute atomic E-state index is 12.5. The van der Waals surface area contributed by atoms with Crippen LogP contribution in [0.3, 0.4) is 0 Å². The first-order valence-electron chi connectivity index (χ1n) is 6.91. The predicted molar refractivity (Wildman–Crippen MR) is 83.5 cm³/mol. The lowest BCUT2D eigenvalue weighted by atomic mass is 10.2. The summed E-state index contributed by atoms with van der Waals surface area (Å²) < 4.78 is 0. The van der Waals surface area contributed by atoms with E-state index in [1.54, 1.807) is 6.20 Å². The van der Waals surface area contributed by atoms with Gasteiger partial charge in [-0.15, -0.1) is 23.1 Å². The number of aliphatic carboxylic acids is 1. The van der Waals surface area contributed by atoms with E-state index in [1.165, 1.54) is 28.0 Å². The molecule has 0 aliphatic carbocycles. The Morgan fingerprint density at radius 2 is 2.33 bits per heavy atom. The van der Waals surface area contributed by atoms with E-state index in [9.17, 15) is 14.7 Å². The number of nitrogens with zero attached hydrogens (tertiary/aromatic N) is 2. The molecule has 0 bridgehead atoms. The Hall–Kier alpha value is -1.28. The second-order valence-corrected chi connectivity index (χ2v) is 6.88. The van der Waals surface area contributed by atoms with Crippen molar-refractivity contribution in [3.8, 4) is 0 Å². The minimum absolute atomic E-state index is 0.0834. The van der Waals surface area contributed by atoms with Gasteiger partial charge in [-0.25, -0.2) is 14.6 Å². The van der Waals surface area contributed by atoms with E-state index in [2.05, 4.69) is 10.3 Å². The lowest BCUT2D eigenvalue weighted by molar-refractivity contribution is -0.141. The molecule has 2 rings (SSSR count). The van der Waals surface area contributed by atoms with Crippen LogP contribution >= 0.6 is 23.1 Å². The van der Waals surface area contributed by atoms with Gasteiger partial charge in [0.25, 0.3) is 0 Å². The molecule has 116 valence electrons. The number of nitrogens with one attached hydrogen (secondary N) is 1. The van der Waals surface area contributed by atoms with E-state index in [4.69, 9.17) is 0 Å². The molecular weight excluding hydrogens is 310 g/mol. The molecule has 8 heteroatoms. The van der Waals surface area contributed by atoms with Crippen molar-refractivity contribution >= 4 is 35.1 Å². The molecule has 3 atom stereocenters. The van der Waals surface area contributed by atoms with Crippen molar-refractivity contribution in [2.45, 2.75) is 44.1 Å². The van der Waals surface area contributed by atoms with Gasteiger partial charge in [0.1, 0.15) is 11.0 Å². The van der Waals surface area contributed by atoms with E-state index >= 15 is 0 Å². The van der Waals surface area contributed by atoms with E-state index in [-0.39, 0.29) is 17.4 Å². The molecule has 1 saturated heterocycles. The molecule has 1 aliphatic heterocycles. The first-order valence-corrected chi connectivity index (χ1v) is 8.83. The molecule has 0 saturated carbocycles. The number of aromatic nitrogens is 1. The van der Waals surface area contributed by atoms with Gasteiger partial charge in [-0.2, -0.15) is 0 Å². The highest BCUT2D eigenvalue weighted by molar-refractivity contribution is 8.00. The highest BCUT2D eigenvalue weighted by Gasteiger charge is 2.41. The quantitative estimate of drug-likeness (QED) is 0.867. The standard InChI is InChI=1S/C13H19N3O3S2/c1-3-8(11-14-5-6-20-11)15-13(19)16-9(12(17)18)7-21-10(16)4-2/h5-6,8-10H,3-4,7H2,1-2H3,(H,15,19)(H,17,18). The van der Waals surface area contributed by atoms with Gasteiger partial charge in [-0.3, -0.25) is 4.90 Å². The lowest BCUT2D eigenvalue weighted by Gasteiger charge is -2.28. The number of hydrogen-bond donors (Lipinski definition) is 2. The lowest BCUT2D eigenvalue weighted by Crippen LogP contribution is -2.50. The van der Waals surface area contributed by atoms with Crippen molar-refractivity contribution in [2.24, 2.45) is 0 Å². The van der Waals surface area contributed by atoms with Crippen LogP contribution in [0.4, 0.5) is 4.79 Å². The molecule has 6 nitrogen and oxygen atoms in total. The Balaban J connectivity index is 2.11. The number of thiazole rings is 1. The Kier molecular flexibility index (Phi) is 5.46. The molecule has 2 N–H and O–H groups in total. The maximum Gasteiger partial charge on any atom is 0.327 e. The molecule has 2 amide bonds. The van der Waals surface area contributed by atoms with Gasteiger partial charge < -0.3 is 10.4 Å². The van der Waals surface area contributed by atoms with Gasteiger partial charge in [0.2, 0.25) is 0 Å². The highest BCUT2D eigenvalue weighted by atomic mass is 32.2. The SMILES string of the molecule is CCC(NC(=O)N1C(CC)SCC1C(=O)O)c1nccs1. The number of carboxylic acids is 1. The predicted octanol–water partition coefficient (Wildman–Crippen LogP) is 2.54. The summed E-state index contributed by atoms with van der Waals surface area (Å²) in [6.07, 6.45) is 3.15. The van der Waals surface area contributed by atoms with Crippen LogP contribution in [0.2, 0.25) is 0 Å². The third-order valence-corrected chi connectivity index (χ3v) is 5.76. The van der Waals surface area contributed by atoms with E-state index in [1.807, 2.05) is 19.2 Å². The summed E-state index contributed by atoms with van der Waals surface area (Å²) in [7, 11) is 0. The zero-order valence-electron chi connectivity index (χ0n) is 12.0. The zero-order valence-corrected chi connectivity index (χ0v) is 13.6. The van der Waals surface area contributed by atoms with Crippen LogP contribution in [0.15, 0.2) is 11.6 Å². The summed E-state index contributed by atoms with van der Waals surface area (Å²) in [6, 6.07) is -1.25. The van der Waals surface area contributed by atoms with Gasteiger partial charge in [-0.1, -0.05) is 13.8 Å². The Morgan fingerprint density at radius 1 is 1.57 bits per heavy atom.